The topological polar surface area (TPSA) is 53.9 Å². The van der Waals surface area contributed by atoms with Gasteiger partial charge in [-0.1, -0.05) is 12.8 Å². The first-order valence-corrected chi connectivity index (χ1v) is 8.45. The van der Waals surface area contributed by atoms with E-state index in [9.17, 15) is 0 Å². The molecule has 0 saturated heterocycles. The van der Waals surface area contributed by atoms with E-state index in [-0.39, 0.29) is 0 Å². The Morgan fingerprint density at radius 2 is 2.09 bits per heavy atom. The van der Waals surface area contributed by atoms with Crippen molar-refractivity contribution in [3.8, 4) is 0 Å². The molecule has 2 unspecified atom stereocenters. The van der Waals surface area contributed by atoms with Crippen molar-refractivity contribution < 1.29 is 4.42 Å². The predicted octanol–water partition coefficient (Wildman–Crippen LogP) is 4.07. The van der Waals surface area contributed by atoms with Gasteiger partial charge in [0.25, 0.3) is 0 Å². The van der Waals surface area contributed by atoms with E-state index in [0.717, 1.165) is 29.3 Å². The van der Waals surface area contributed by atoms with Gasteiger partial charge < -0.3 is 9.73 Å². The van der Waals surface area contributed by atoms with Crippen LogP contribution in [0.2, 0.25) is 0 Å². The van der Waals surface area contributed by atoms with E-state index >= 15 is 0 Å². The Hall–Kier alpha value is -1.55. The van der Waals surface area contributed by atoms with Crippen molar-refractivity contribution in [3.63, 3.8) is 0 Å². The van der Waals surface area contributed by atoms with Crippen LogP contribution < -0.4 is 5.32 Å². The summed E-state index contributed by atoms with van der Waals surface area (Å²) in [6.45, 7) is 6.30. The predicted molar refractivity (Wildman–Crippen MR) is 87.8 cm³/mol. The van der Waals surface area contributed by atoms with Crippen LogP contribution in [0.3, 0.4) is 0 Å². The minimum absolute atomic E-state index is 0.325. The van der Waals surface area contributed by atoms with Gasteiger partial charge in [0.15, 0.2) is 0 Å². The first-order valence-electron chi connectivity index (χ1n) is 8.45. The fraction of sp³-hybridized carbons (Fsp3) is 0.611. The summed E-state index contributed by atoms with van der Waals surface area (Å²) in [7, 11) is 0. The highest BCUT2D eigenvalue weighted by Gasteiger charge is 2.29. The van der Waals surface area contributed by atoms with Gasteiger partial charge in [0.05, 0.1) is 11.7 Å². The Morgan fingerprint density at radius 1 is 1.32 bits per heavy atom. The van der Waals surface area contributed by atoms with E-state index < -0.39 is 0 Å². The minimum Gasteiger partial charge on any atom is -0.465 e. The number of hydrogen-bond donors (Lipinski definition) is 2. The third-order valence-electron chi connectivity index (χ3n) is 4.68. The molecule has 2 N–H and O–H groups in total. The molecule has 4 nitrogen and oxygen atoms in total. The summed E-state index contributed by atoms with van der Waals surface area (Å²) in [5.41, 5.74) is 2.24. The number of H-pyrrole nitrogens is 1. The zero-order valence-electron chi connectivity index (χ0n) is 13.9. The van der Waals surface area contributed by atoms with Gasteiger partial charge in [-0.2, -0.15) is 5.10 Å². The third-order valence-corrected chi connectivity index (χ3v) is 4.68. The second-order valence-corrected chi connectivity index (χ2v) is 6.78. The second-order valence-electron chi connectivity index (χ2n) is 6.78. The van der Waals surface area contributed by atoms with Crippen molar-refractivity contribution >= 4 is 0 Å². The normalized spacial score (nSPS) is 18.7. The molecule has 120 valence electrons. The number of furan rings is 1. The summed E-state index contributed by atoms with van der Waals surface area (Å²) in [6.07, 6.45) is 6.22. The summed E-state index contributed by atoms with van der Waals surface area (Å²) in [5.74, 6) is 2.78. The van der Waals surface area contributed by atoms with Crippen LogP contribution in [0, 0.1) is 19.8 Å². The Balaban J connectivity index is 1.69. The second kappa shape index (κ2) is 6.69. The Bertz CT molecular complexity index is 595. The zero-order valence-corrected chi connectivity index (χ0v) is 13.9. The number of hydrogen-bond acceptors (Lipinski definition) is 3. The first-order chi connectivity index (χ1) is 10.6. The number of nitrogens with one attached hydrogen (secondary N) is 2. The number of aryl methyl sites for hydroxylation is 2. The highest BCUT2D eigenvalue weighted by Crippen LogP contribution is 2.36. The van der Waals surface area contributed by atoms with Crippen LogP contribution in [0.4, 0.5) is 0 Å². The summed E-state index contributed by atoms with van der Waals surface area (Å²) in [6, 6.07) is 7.03. The average molecular weight is 301 g/mol. The van der Waals surface area contributed by atoms with E-state index in [0.29, 0.717) is 18.0 Å². The number of aromatic nitrogens is 2. The fourth-order valence-electron chi connectivity index (χ4n) is 3.62. The third kappa shape index (κ3) is 3.61. The van der Waals surface area contributed by atoms with Crippen LogP contribution in [0.1, 0.15) is 61.6 Å². The Kier molecular flexibility index (Phi) is 4.67. The lowest BCUT2D eigenvalue weighted by Crippen LogP contribution is -2.35. The molecule has 2 heterocycles. The molecule has 22 heavy (non-hydrogen) atoms. The van der Waals surface area contributed by atoms with Crippen LogP contribution in [0.5, 0.6) is 0 Å². The van der Waals surface area contributed by atoms with Crippen molar-refractivity contribution in [2.24, 2.45) is 5.92 Å². The monoisotopic (exact) mass is 301 g/mol. The Morgan fingerprint density at radius 3 is 2.68 bits per heavy atom. The zero-order chi connectivity index (χ0) is 15.5. The number of rotatable bonds is 6. The standard InChI is InChI=1S/C18H27N3O/c1-12(10-16-11-13(2)20-21-16)19-18(15-6-4-5-7-15)17-9-8-14(3)22-17/h8-9,11-12,15,18-19H,4-7,10H2,1-3H3,(H,20,21). The molecular formula is C18H27N3O. The number of nitrogens with zero attached hydrogens (tertiary/aromatic N) is 1. The van der Waals surface area contributed by atoms with Crippen LogP contribution in [0.15, 0.2) is 22.6 Å². The van der Waals surface area contributed by atoms with Gasteiger partial charge in [-0.25, -0.2) is 0 Å². The van der Waals surface area contributed by atoms with Gasteiger partial charge >= 0.3 is 0 Å². The van der Waals surface area contributed by atoms with Gasteiger partial charge in [0.2, 0.25) is 0 Å². The van der Waals surface area contributed by atoms with Crippen LogP contribution >= 0.6 is 0 Å². The van der Waals surface area contributed by atoms with Crippen molar-refractivity contribution in [2.45, 2.75) is 65.0 Å². The highest BCUT2D eigenvalue weighted by atomic mass is 16.3. The van der Waals surface area contributed by atoms with Crippen molar-refractivity contribution in [3.05, 3.63) is 41.1 Å². The quantitative estimate of drug-likeness (QED) is 0.845. The fourth-order valence-corrected chi connectivity index (χ4v) is 3.62. The summed E-state index contributed by atoms with van der Waals surface area (Å²) in [5, 5.41) is 11.2. The molecule has 1 aliphatic rings. The van der Waals surface area contributed by atoms with Gasteiger partial charge in [0.1, 0.15) is 11.5 Å². The molecule has 0 aliphatic heterocycles. The maximum atomic E-state index is 5.93. The van der Waals surface area contributed by atoms with Crippen molar-refractivity contribution in [2.75, 3.05) is 0 Å². The number of aromatic amines is 1. The van der Waals surface area contributed by atoms with Gasteiger partial charge in [-0.15, -0.1) is 0 Å². The maximum absolute atomic E-state index is 5.93. The van der Waals surface area contributed by atoms with E-state index in [1.165, 1.54) is 25.7 Å². The molecule has 2 aromatic heterocycles. The molecule has 0 bridgehead atoms. The Labute approximate surface area is 132 Å². The molecule has 3 rings (SSSR count). The van der Waals surface area contributed by atoms with E-state index in [2.05, 4.69) is 40.6 Å². The first kappa shape index (κ1) is 15.3. The molecule has 2 aromatic rings. The molecule has 2 atom stereocenters. The van der Waals surface area contributed by atoms with Crippen LogP contribution in [-0.2, 0) is 6.42 Å². The summed E-state index contributed by atoms with van der Waals surface area (Å²) >= 11 is 0. The molecule has 0 amide bonds. The van der Waals surface area contributed by atoms with Crippen LogP contribution in [0.25, 0.3) is 0 Å². The largest absolute Gasteiger partial charge is 0.465 e. The molecule has 1 aliphatic carbocycles. The lowest BCUT2D eigenvalue weighted by atomic mass is 9.94. The van der Waals surface area contributed by atoms with E-state index in [1.807, 2.05) is 13.8 Å². The van der Waals surface area contributed by atoms with E-state index in [1.54, 1.807) is 0 Å². The molecule has 1 saturated carbocycles. The maximum Gasteiger partial charge on any atom is 0.121 e. The summed E-state index contributed by atoms with van der Waals surface area (Å²) in [4.78, 5) is 0. The lowest BCUT2D eigenvalue weighted by Gasteiger charge is -2.26. The van der Waals surface area contributed by atoms with Gasteiger partial charge in [-0.3, -0.25) is 5.10 Å². The van der Waals surface area contributed by atoms with Crippen molar-refractivity contribution in [1.29, 1.82) is 0 Å². The lowest BCUT2D eigenvalue weighted by molar-refractivity contribution is 0.285. The molecular weight excluding hydrogens is 274 g/mol. The molecule has 1 fully saturated rings. The van der Waals surface area contributed by atoms with Crippen LogP contribution in [-0.4, -0.2) is 16.2 Å². The molecule has 4 heteroatoms. The smallest absolute Gasteiger partial charge is 0.121 e. The SMILES string of the molecule is Cc1cc(CC(C)NC(c2ccc(C)o2)C2CCCC2)n[nH]1. The molecule has 0 aromatic carbocycles. The average Bonchev–Trinajstić information content (AvgIpc) is 3.19. The van der Waals surface area contributed by atoms with Gasteiger partial charge in [0, 0.05) is 18.2 Å². The van der Waals surface area contributed by atoms with Crippen molar-refractivity contribution in [1.82, 2.24) is 15.5 Å². The minimum atomic E-state index is 0.325. The molecule has 0 spiro atoms. The molecule has 0 radical (unpaired) electrons. The summed E-state index contributed by atoms with van der Waals surface area (Å²) < 4.78 is 5.93. The van der Waals surface area contributed by atoms with E-state index in [4.69, 9.17) is 4.42 Å². The highest BCUT2D eigenvalue weighted by molar-refractivity contribution is 5.13. The van der Waals surface area contributed by atoms with Gasteiger partial charge in [-0.05, 0) is 57.7 Å².